The first-order chi connectivity index (χ1) is 30.1. The Labute approximate surface area is 363 Å². The van der Waals surface area contributed by atoms with Crippen molar-refractivity contribution in [3.63, 3.8) is 0 Å². The lowest BCUT2D eigenvalue weighted by molar-refractivity contribution is -0.645. The van der Waals surface area contributed by atoms with E-state index in [0.29, 0.717) is 70.8 Å². The van der Waals surface area contributed by atoms with Gasteiger partial charge in [-0.25, -0.2) is 24.3 Å². The molecule has 11 rings (SSSR count). The second kappa shape index (κ2) is 15.8. The fraction of sp³-hybridized carbons (Fsp3) is 0.383. The number of piperidine rings is 1. The van der Waals surface area contributed by atoms with Crippen LogP contribution in [0.25, 0.3) is 28.4 Å². The smallest absolute Gasteiger partial charge is 0.328 e. The van der Waals surface area contributed by atoms with Gasteiger partial charge in [0.1, 0.15) is 41.7 Å². The zero-order valence-electron chi connectivity index (χ0n) is 34.2. The Hall–Kier alpha value is -5.80. The van der Waals surface area contributed by atoms with Gasteiger partial charge in [-0.05, 0) is 123 Å². The second-order valence-corrected chi connectivity index (χ2v) is 17.7. The molecule has 1 unspecified atom stereocenters. The van der Waals surface area contributed by atoms with E-state index in [0.717, 1.165) is 49.5 Å². The van der Waals surface area contributed by atoms with Gasteiger partial charge < -0.3 is 30.0 Å². The number of halogens is 1. The van der Waals surface area contributed by atoms with E-state index in [-0.39, 0.29) is 46.7 Å². The summed E-state index contributed by atoms with van der Waals surface area (Å²) in [6.45, 7) is 4.77. The molecule has 4 saturated carbocycles. The highest BCUT2D eigenvalue weighted by Gasteiger charge is 2.76. The van der Waals surface area contributed by atoms with Gasteiger partial charge in [-0.3, -0.25) is 4.79 Å². The molecule has 4 heterocycles. The molecule has 3 N–H and O–H groups in total. The maximum atomic E-state index is 14.0. The molecule has 14 nitrogen and oxygen atoms in total. The monoisotopic (exact) mass is 858 g/mol. The maximum Gasteiger partial charge on any atom is 0.328 e. The molecule has 2 aliphatic heterocycles. The molecule has 0 radical (unpaired) electrons. The van der Waals surface area contributed by atoms with Crippen molar-refractivity contribution in [2.45, 2.75) is 62.4 Å². The molecule has 2 saturated heterocycles. The van der Waals surface area contributed by atoms with Crippen LogP contribution in [0.1, 0.15) is 62.1 Å². The molecular formula is C47H47ClN6O8. The molecule has 4 aliphatic carbocycles. The number of carbonyl (C=O) groups excluding carboxylic acids is 1. The van der Waals surface area contributed by atoms with E-state index in [9.17, 15) is 14.7 Å². The third kappa shape index (κ3) is 6.71. The van der Waals surface area contributed by atoms with Crippen molar-refractivity contribution in [1.29, 1.82) is 0 Å². The number of anilines is 1. The van der Waals surface area contributed by atoms with Crippen LogP contribution in [0.2, 0.25) is 5.02 Å². The molecule has 6 fully saturated rings. The predicted octanol–water partition coefficient (Wildman–Crippen LogP) is 8.37. The van der Waals surface area contributed by atoms with Gasteiger partial charge in [-0.1, -0.05) is 36.4 Å². The molecule has 4 bridgehead atoms. The largest absolute Gasteiger partial charge is 0.487 e. The number of nitrogens with zero attached hydrogens (tertiary/aromatic N) is 5. The first kappa shape index (κ1) is 40.3. The number of nitrogen functional groups attached to an aromatic ring is 1. The number of likely N-dealkylation sites (tertiary alicyclic amines) is 1. The Balaban J connectivity index is 0.865. The molecule has 2 atom stereocenters. The quantitative estimate of drug-likeness (QED) is 0.0908. The highest BCUT2D eigenvalue weighted by Crippen LogP contribution is 2.69. The lowest BCUT2D eigenvalue weighted by Gasteiger charge is -2.68. The first-order valence-corrected chi connectivity index (χ1v) is 21.5. The number of ether oxygens (including phenoxy) is 3. The van der Waals surface area contributed by atoms with Gasteiger partial charge >= 0.3 is 5.97 Å². The molecule has 1 amide bonds. The number of carboxylic acids is 1. The number of rotatable bonds is 12. The van der Waals surface area contributed by atoms with E-state index in [1.54, 1.807) is 24.1 Å². The lowest BCUT2D eigenvalue weighted by Crippen LogP contribution is -2.76. The summed E-state index contributed by atoms with van der Waals surface area (Å²) >= 11 is 7.00. The zero-order chi connectivity index (χ0) is 42.8. The minimum Gasteiger partial charge on any atom is -0.487 e. The van der Waals surface area contributed by atoms with Gasteiger partial charge in [-0.2, -0.15) is 9.99 Å². The summed E-state index contributed by atoms with van der Waals surface area (Å²) in [4.78, 5) is 48.5. The number of hydrogen-bond donors (Lipinski definition) is 2. The fourth-order valence-electron chi connectivity index (χ4n) is 11.1. The van der Waals surface area contributed by atoms with Crippen molar-refractivity contribution in [2.75, 3.05) is 32.5 Å². The van der Waals surface area contributed by atoms with Gasteiger partial charge in [0.25, 0.3) is 11.7 Å². The van der Waals surface area contributed by atoms with Crippen LogP contribution < -0.4 is 15.2 Å². The molecule has 5 aromatic rings. The van der Waals surface area contributed by atoms with Crippen LogP contribution >= 0.6 is 11.6 Å². The summed E-state index contributed by atoms with van der Waals surface area (Å²) in [5.74, 6) is 1.16. The number of nitrogens with two attached hydrogens (primary N) is 1. The third-order valence-electron chi connectivity index (χ3n) is 13.7. The van der Waals surface area contributed by atoms with Crippen LogP contribution in [0, 0.1) is 23.7 Å². The standard InChI is InChI=1S/C47H47ClN6O8/c1-27(25-59-42-31(12-15-39(55)56)22-34(23-38(42)48)47(58-2)46(61-62-47)32-18-28-17-29(20-32)21-33(46)19-28)45(57)53-16-6-7-35(24-53)54-44-40(43(49)50-26-51-44)41(52-54)30-10-13-37(14-11-30)60-36-8-4-3-5-9-36/h3-5,8-15,22-23,26,28-29,32-33,35H,1,6-7,16-21,24-25H2,2H3,(H,55,56)(H2,49,50,51)/b15-12+/t28?,29?,32-,33-,35-,46?,47?/m1/s1. The Morgan fingerprint density at radius 3 is 2.40 bits per heavy atom. The van der Waals surface area contributed by atoms with Crippen LogP contribution in [0.15, 0.2) is 91.3 Å². The average Bonchev–Trinajstić information content (AvgIpc) is 3.66. The van der Waals surface area contributed by atoms with Crippen molar-refractivity contribution in [2.24, 2.45) is 23.7 Å². The molecular weight excluding hydrogens is 812 g/mol. The summed E-state index contributed by atoms with van der Waals surface area (Å²) in [7, 11) is 1.61. The number of carbonyl (C=O) groups is 2. The minimum absolute atomic E-state index is 0.193. The van der Waals surface area contributed by atoms with E-state index < -0.39 is 17.4 Å². The number of carboxylic acid groups (broad SMARTS) is 1. The van der Waals surface area contributed by atoms with Crippen LogP contribution in [0.4, 0.5) is 5.82 Å². The normalized spacial score (nSPS) is 27.5. The van der Waals surface area contributed by atoms with E-state index >= 15 is 0 Å². The fourth-order valence-corrected chi connectivity index (χ4v) is 11.4. The number of fused-ring (bicyclic) bond motifs is 1. The van der Waals surface area contributed by atoms with E-state index in [4.69, 9.17) is 46.4 Å². The number of para-hydroxylation sites is 1. The second-order valence-electron chi connectivity index (χ2n) is 17.3. The average molecular weight is 859 g/mol. The Kier molecular flexibility index (Phi) is 10.3. The highest BCUT2D eigenvalue weighted by molar-refractivity contribution is 6.32. The number of amides is 1. The summed E-state index contributed by atoms with van der Waals surface area (Å²) in [6.07, 6.45) is 10.8. The highest BCUT2D eigenvalue weighted by atomic mass is 35.5. The Morgan fingerprint density at radius 1 is 1.00 bits per heavy atom. The third-order valence-corrected chi connectivity index (χ3v) is 13.9. The van der Waals surface area contributed by atoms with Crippen LogP contribution in [-0.2, 0) is 29.9 Å². The molecule has 2 aromatic heterocycles. The molecule has 3 aromatic carbocycles. The number of benzene rings is 3. The number of aromatic nitrogens is 4. The molecule has 1 spiro atoms. The van der Waals surface area contributed by atoms with E-state index in [1.165, 1.54) is 18.8 Å². The number of methoxy groups -OCH3 is 1. The van der Waals surface area contributed by atoms with Crippen LogP contribution in [0.3, 0.4) is 0 Å². The zero-order valence-corrected chi connectivity index (χ0v) is 35.0. The Morgan fingerprint density at radius 2 is 1.73 bits per heavy atom. The van der Waals surface area contributed by atoms with Gasteiger partial charge in [0.05, 0.1) is 16.5 Å². The van der Waals surface area contributed by atoms with Crippen molar-refractivity contribution in [3.8, 4) is 28.5 Å². The number of hydrogen-bond acceptors (Lipinski definition) is 11. The predicted molar refractivity (Wildman–Crippen MR) is 230 cm³/mol. The van der Waals surface area contributed by atoms with Gasteiger partial charge in [0, 0.05) is 48.5 Å². The summed E-state index contributed by atoms with van der Waals surface area (Å²) < 4.78 is 20.3. The molecule has 15 heteroatoms. The minimum atomic E-state index is -1.23. The molecule has 6 aliphatic rings. The van der Waals surface area contributed by atoms with Crippen molar-refractivity contribution >= 4 is 46.4 Å². The lowest BCUT2D eigenvalue weighted by atomic mass is 9.47. The first-order valence-electron chi connectivity index (χ1n) is 21.2. The number of aliphatic carboxylic acids is 1. The SMILES string of the molecule is C=C(COc1c(Cl)cc(C2(OC)OOC23[C@H]2CC4CC(C2)C[C@@H]3C4)cc1/C=C/C(=O)O)C(=O)N1CCC[C@@H](n2nc(-c3ccc(Oc4ccccc4)cc3)c3c(N)ncnc32)C1. The van der Waals surface area contributed by atoms with Gasteiger partial charge in [0.15, 0.2) is 11.2 Å². The topological polar surface area (TPSA) is 173 Å². The Bertz CT molecular complexity index is 2570. The molecule has 62 heavy (non-hydrogen) atoms. The van der Waals surface area contributed by atoms with Crippen LogP contribution in [0.5, 0.6) is 17.2 Å². The van der Waals surface area contributed by atoms with Gasteiger partial charge in [0.2, 0.25) is 0 Å². The van der Waals surface area contributed by atoms with Crippen molar-refractivity contribution in [1.82, 2.24) is 24.6 Å². The molecule has 320 valence electrons. The van der Waals surface area contributed by atoms with Crippen LogP contribution in [-0.4, -0.2) is 74.0 Å². The van der Waals surface area contributed by atoms with Crippen molar-refractivity contribution in [3.05, 3.63) is 107 Å². The summed E-state index contributed by atoms with van der Waals surface area (Å²) in [5.41, 5.74) is 8.99. The van der Waals surface area contributed by atoms with E-state index in [2.05, 4.69) is 16.5 Å². The van der Waals surface area contributed by atoms with E-state index in [1.807, 2.05) is 59.3 Å². The van der Waals surface area contributed by atoms with Crippen molar-refractivity contribution < 1.29 is 38.7 Å². The maximum absolute atomic E-state index is 14.0. The summed E-state index contributed by atoms with van der Waals surface area (Å²) in [5, 5.41) is 15.5. The van der Waals surface area contributed by atoms with Gasteiger partial charge in [-0.15, -0.1) is 0 Å². The summed E-state index contributed by atoms with van der Waals surface area (Å²) in [6, 6.07) is 20.4.